The van der Waals surface area contributed by atoms with E-state index >= 15 is 0 Å². The summed E-state index contributed by atoms with van der Waals surface area (Å²) in [6, 6.07) is -0.548. The van der Waals surface area contributed by atoms with Crippen molar-refractivity contribution in [1.82, 2.24) is 5.32 Å². The van der Waals surface area contributed by atoms with Gasteiger partial charge in [0.1, 0.15) is 0 Å². The van der Waals surface area contributed by atoms with Crippen LogP contribution >= 0.6 is 0 Å². The lowest BCUT2D eigenvalue weighted by Crippen LogP contribution is -2.45. The van der Waals surface area contributed by atoms with Gasteiger partial charge in [0.2, 0.25) is 5.91 Å². The lowest BCUT2D eigenvalue weighted by atomic mass is 10.0. The van der Waals surface area contributed by atoms with Crippen molar-refractivity contribution in [3.8, 4) is 0 Å². The van der Waals surface area contributed by atoms with Gasteiger partial charge in [0.25, 0.3) is 0 Å². The molecule has 0 aromatic heterocycles. The molecule has 0 aromatic rings. The van der Waals surface area contributed by atoms with Crippen molar-refractivity contribution >= 4 is 5.91 Å². The number of aliphatic hydroxyl groups is 2. The lowest BCUT2D eigenvalue weighted by Gasteiger charge is -2.22. The minimum Gasteiger partial charge on any atom is -0.394 e. The summed E-state index contributed by atoms with van der Waals surface area (Å²) in [7, 11) is 0. The largest absolute Gasteiger partial charge is 0.394 e. The molecule has 3 N–H and O–H groups in total. The predicted octanol–water partition coefficient (Wildman–Crippen LogP) is 15.6. The van der Waals surface area contributed by atoms with Crippen molar-refractivity contribution in [2.24, 2.45) is 0 Å². The second-order valence-electron chi connectivity index (χ2n) is 16.2. The fraction of sp³-hybridized carbons (Fsp3) is 0.717. The maximum atomic E-state index is 12.4. The van der Waals surface area contributed by atoms with Gasteiger partial charge in [0, 0.05) is 6.42 Å². The van der Waals surface area contributed by atoms with Gasteiger partial charge in [-0.15, -0.1) is 0 Å². The smallest absolute Gasteiger partial charge is 0.220 e. The zero-order chi connectivity index (χ0) is 41.4. The van der Waals surface area contributed by atoms with Gasteiger partial charge in [0.15, 0.2) is 0 Å². The summed E-state index contributed by atoms with van der Waals surface area (Å²) in [6.45, 7) is 4.24. The number of rotatable bonds is 43. The standard InChI is InChI=1S/C53H93NO3/c1-3-5-7-9-11-13-15-17-19-21-22-23-24-25-26-27-28-29-30-31-32-33-35-37-39-41-43-45-47-49-53(57)54-51(50-55)52(56)48-46-44-42-40-38-36-34-20-18-16-14-12-10-8-6-4-2/h5,7,11,13,17,19,22-23,25-26,28-29,31-32,51-52,55-56H,3-4,6,8-10,12,14-16,18,20-21,24,27,30,33-50H2,1-2H3,(H,54,57)/b7-5-,13-11-,19-17-,23-22-,26-25-,29-28-,32-31-. The molecule has 0 saturated carbocycles. The second-order valence-corrected chi connectivity index (χ2v) is 16.2. The summed E-state index contributed by atoms with van der Waals surface area (Å²) in [4.78, 5) is 12.4. The van der Waals surface area contributed by atoms with E-state index in [1.54, 1.807) is 0 Å². The van der Waals surface area contributed by atoms with Crippen molar-refractivity contribution in [3.05, 3.63) is 85.1 Å². The van der Waals surface area contributed by atoms with Crippen LogP contribution < -0.4 is 5.32 Å². The average Bonchev–Trinajstić information content (AvgIpc) is 3.22. The Morgan fingerprint density at radius 1 is 0.439 bits per heavy atom. The van der Waals surface area contributed by atoms with Gasteiger partial charge < -0.3 is 15.5 Å². The summed E-state index contributed by atoms with van der Waals surface area (Å²) in [5.74, 6) is -0.0455. The van der Waals surface area contributed by atoms with Gasteiger partial charge in [-0.25, -0.2) is 0 Å². The SMILES string of the molecule is CC/C=C\C/C=C\C/C=C\C/C=C\C/C=C\C/C=C\C/C=C\CCCCCCCCCC(=O)NC(CO)C(O)CCCCCCCCCCCCCCCCCC. The predicted molar refractivity (Wildman–Crippen MR) is 253 cm³/mol. The number of hydrogen-bond acceptors (Lipinski definition) is 3. The van der Waals surface area contributed by atoms with E-state index in [1.807, 2.05) is 0 Å². The highest BCUT2D eigenvalue weighted by atomic mass is 16.3. The molecule has 57 heavy (non-hydrogen) atoms. The van der Waals surface area contributed by atoms with E-state index in [1.165, 1.54) is 116 Å². The van der Waals surface area contributed by atoms with Gasteiger partial charge >= 0.3 is 0 Å². The fourth-order valence-corrected chi connectivity index (χ4v) is 6.99. The monoisotopic (exact) mass is 792 g/mol. The van der Waals surface area contributed by atoms with Crippen LogP contribution in [0.25, 0.3) is 0 Å². The molecule has 0 aromatic carbocycles. The first-order valence-electron chi connectivity index (χ1n) is 24.3. The Morgan fingerprint density at radius 2 is 0.772 bits per heavy atom. The third kappa shape index (κ3) is 44.5. The molecule has 0 rings (SSSR count). The molecule has 0 aliphatic carbocycles. The van der Waals surface area contributed by atoms with Crippen molar-refractivity contribution in [2.45, 2.75) is 238 Å². The maximum Gasteiger partial charge on any atom is 0.220 e. The molecule has 1 amide bonds. The number of unbranched alkanes of at least 4 members (excludes halogenated alkanes) is 22. The Labute approximate surface area is 354 Å². The number of carbonyl (C=O) groups is 1. The molecule has 0 aliphatic heterocycles. The van der Waals surface area contributed by atoms with Crippen molar-refractivity contribution < 1.29 is 15.0 Å². The highest BCUT2D eigenvalue weighted by Crippen LogP contribution is 2.16. The second kappa shape index (κ2) is 47.9. The average molecular weight is 792 g/mol. The maximum absolute atomic E-state index is 12.4. The number of allylic oxidation sites excluding steroid dienone is 14. The van der Waals surface area contributed by atoms with Gasteiger partial charge in [0.05, 0.1) is 18.8 Å². The van der Waals surface area contributed by atoms with E-state index in [0.29, 0.717) is 12.8 Å². The normalized spacial score (nSPS) is 13.7. The molecule has 0 radical (unpaired) electrons. The molecule has 2 unspecified atom stereocenters. The zero-order valence-electron chi connectivity index (χ0n) is 37.6. The molecule has 0 fully saturated rings. The van der Waals surface area contributed by atoms with E-state index in [9.17, 15) is 15.0 Å². The molecule has 0 bridgehead atoms. The number of amides is 1. The highest BCUT2D eigenvalue weighted by molar-refractivity contribution is 5.76. The molecule has 0 spiro atoms. The number of nitrogens with one attached hydrogen (secondary N) is 1. The van der Waals surface area contributed by atoms with Crippen molar-refractivity contribution in [3.63, 3.8) is 0 Å². The minimum atomic E-state index is -0.669. The van der Waals surface area contributed by atoms with Crippen LogP contribution in [0.1, 0.15) is 226 Å². The molecule has 4 heteroatoms. The van der Waals surface area contributed by atoms with Crippen molar-refractivity contribution in [1.29, 1.82) is 0 Å². The summed E-state index contributed by atoms with van der Waals surface area (Å²) in [5, 5.41) is 23.2. The Balaban J connectivity index is 3.60. The Morgan fingerprint density at radius 3 is 1.16 bits per heavy atom. The van der Waals surface area contributed by atoms with Gasteiger partial charge in [-0.3, -0.25) is 4.79 Å². The van der Waals surface area contributed by atoms with Gasteiger partial charge in [-0.2, -0.15) is 0 Å². The molecule has 2 atom stereocenters. The van der Waals surface area contributed by atoms with Crippen LogP contribution in [0.3, 0.4) is 0 Å². The molecule has 328 valence electrons. The third-order valence-electron chi connectivity index (χ3n) is 10.7. The zero-order valence-corrected chi connectivity index (χ0v) is 37.6. The van der Waals surface area contributed by atoms with E-state index < -0.39 is 12.1 Å². The summed E-state index contributed by atoms with van der Waals surface area (Å²) in [6.07, 6.45) is 69.5. The van der Waals surface area contributed by atoms with Crippen LogP contribution in [0.2, 0.25) is 0 Å². The third-order valence-corrected chi connectivity index (χ3v) is 10.7. The number of hydrogen-bond donors (Lipinski definition) is 3. The molecule has 0 saturated heterocycles. The molecule has 0 aliphatic rings. The van der Waals surface area contributed by atoms with Crippen LogP contribution in [-0.2, 0) is 4.79 Å². The quantitative estimate of drug-likeness (QED) is 0.0425. The van der Waals surface area contributed by atoms with E-state index in [-0.39, 0.29) is 12.5 Å². The Bertz CT molecular complexity index is 1030. The summed E-state index contributed by atoms with van der Waals surface area (Å²) < 4.78 is 0. The number of aliphatic hydroxyl groups excluding tert-OH is 2. The Hall–Kier alpha value is -2.43. The lowest BCUT2D eigenvalue weighted by molar-refractivity contribution is -0.123. The number of carbonyl (C=O) groups excluding carboxylic acids is 1. The fourth-order valence-electron chi connectivity index (χ4n) is 6.99. The van der Waals surface area contributed by atoms with Crippen molar-refractivity contribution in [2.75, 3.05) is 6.61 Å². The van der Waals surface area contributed by atoms with Gasteiger partial charge in [-0.1, -0.05) is 234 Å². The molecule has 4 nitrogen and oxygen atoms in total. The van der Waals surface area contributed by atoms with Crippen LogP contribution in [0.4, 0.5) is 0 Å². The Kier molecular flexibility index (Phi) is 45.9. The first-order chi connectivity index (χ1) is 28.2. The van der Waals surface area contributed by atoms with Crippen LogP contribution in [0.5, 0.6) is 0 Å². The van der Waals surface area contributed by atoms with Crippen LogP contribution in [-0.4, -0.2) is 34.9 Å². The topological polar surface area (TPSA) is 69.6 Å². The highest BCUT2D eigenvalue weighted by Gasteiger charge is 2.20. The summed E-state index contributed by atoms with van der Waals surface area (Å²) >= 11 is 0. The van der Waals surface area contributed by atoms with E-state index in [2.05, 4.69) is 104 Å². The van der Waals surface area contributed by atoms with E-state index in [4.69, 9.17) is 0 Å². The minimum absolute atomic E-state index is 0.0455. The first-order valence-corrected chi connectivity index (χ1v) is 24.3. The van der Waals surface area contributed by atoms with E-state index in [0.717, 1.165) is 83.5 Å². The summed E-state index contributed by atoms with van der Waals surface area (Å²) in [5.41, 5.74) is 0. The van der Waals surface area contributed by atoms with Gasteiger partial charge in [-0.05, 0) is 70.6 Å². The molecule has 0 heterocycles. The molecular formula is C53H93NO3. The first kappa shape index (κ1) is 54.6. The van der Waals surface area contributed by atoms with Crippen LogP contribution in [0, 0.1) is 0 Å². The molecular weight excluding hydrogens is 699 g/mol. The van der Waals surface area contributed by atoms with Crippen LogP contribution in [0.15, 0.2) is 85.1 Å².